The van der Waals surface area contributed by atoms with Crippen LogP contribution in [0.4, 0.5) is 5.69 Å². The Balaban J connectivity index is 1.78. The molecule has 6 nitrogen and oxygen atoms in total. The van der Waals surface area contributed by atoms with Gasteiger partial charge in [-0.05, 0) is 41.8 Å². The monoisotopic (exact) mass is 356 g/mol. The maximum absolute atomic E-state index is 11.9. The first-order chi connectivity index (χ1) is 12.6. The van der Waals surface area contributed by atoms with E-state index in [0.29, 0.717) is 18.0 Å². The fourth-order valence-corrected chi connectivity index (χ4v) is 2.31. The summed E-state index contributed by atoms with van der Waals surface area (Å²) in [4.78, 5) is 23.5. The first kappa shape index (κ1) is 19.5. The highest BCUT2D eigenvalue weighted by atomic mass is 16.5. The van der Waals surface area contributed by atoms with E-state index in [1.54, 1.807) is 12.1 Å². The molecule has 138 valence electrons. The molecular formula is C20H24N2O4. The zero-order valence-corrected chi connectivity index (χ0v) is 15.1. The molecule has 0 aliphatic rings. The number of ether oxygens (including phenoxy) is 2. The van der Waals surface area contributed by atoms with Crippen molar-refractivity contribution < 1.29 is 19.1 Å². The normalized spacial score (nSPS) is 10.2. The van der Waals surface area contributed by atoms with Crippen LogP contribution in [0.2, 0.25) is 0 Å². The second-order valence-electron chi connectivity index (χ2n) is 5.74. The molecule has 0 radical (unpaired) electrons. The maximum Gasteiger partial charge on any atom is 0.258 e. The van der Waals surface area contributed by atoms with Crippen molar-refractivity contribution in [2.75, 3.05) is 25.6 Å². The summed E-state index contributed by atoms with van der Waals surface area (Å²) in [6.07, 6.45) is 0.964. The van der Waals surface area contributed by atoms with Crippen LogP contribution < -0.4 is 15.4 Å². The summed E-state index contributed by atoms with van der Waals surface area (Å²) >= 11 is 0. The number of aryl methyl sites for hydroxylation is 1. The smallest absolute Gasteiger partial charge is 0.258 e. The van der Waals surface area contributed by atoms with Crippen molar-refractivity contribution in [1.29, 1.82) is 0 Å². The Bertz CT molecular complexity index is 729. The molecule has 0 aliphatic heterocycles. The highest BCUT2D eigenvalue weighted by Gasteiger charge is 2.05. The molecule has 0 spiro atoms. The molecule has 0 fully saturated rings. The molecule has 0 aromatic heterocycles. The lowest BCUT2D eigenvalue weighted by molar-refractivity contribution is -0.123. The van der Waals surface area contributed by atoms with Crippen molar-refractivity contribution in [2.45, 2.75) is 19.9 Å². The predicted molar refractivity (Wildman–Crippen MR) is 100 cm³/mol. The lowest BCUT2D eigenvalue weighted by Crippen LogP contribution is -2.28. The number of hydrogen-bond donors (Lipinski definition) is 2. The van der Waals surface area contributed by atoms with Gasteiger partial charge in [-0.15, -0.1) is 0 Å². The van der Waals surface area contributed by atoms with Gasteiger partial charge in [0, 0.05) is 19.3 Å². The highest BCUT2D eigenvalue weighted by molar-refractivity contribution is 5.91. The van der Waals surface area contributed by atoms with Crippen LogP contribution in [0.5, 0.6) is 5.75 Å². The zero-order chi connectivity index (χ0) is 18.8. The number of rotatable bonds is 9. The van der Waals surface area contributed by atoms with Crippen LogP contribution in [-0.4, -0.2) is 32.1 Å². The number of carbonyl (C=O) groups is 2. The van der Waals surface area contributed by atoms with E-state index in [0.717, 1.165) is 12.0 Å². The van der Waals surface area contributed by atoms with E-state index in [4.69, 9.17) is 9.47 Å². The molecule has 0 saturated heterocycles. The summed E-state index contributed by atoms with van der Waals surface area (Å²) in [6.45, 7) is 2.39. The molecule has 2 aromatic carbocycles. The Hall–Kier alpha value is -2.86. The van der Waals surface area contributed by atoms with Gasteiger partial charge in [-0.3, -0.25) is 9.59 Å². The molecular weight excluding hydrogens is 332 g/mol. The molecule has 2 N–H and O–H groups in total. The van der Waals surface area contributed by atoms with Crippen molar-refractivity contribution in [3.8, 4) is 5.75 Å². The van der Waals surface area contributed by atoms with Crippen molar-refractivity contribution in [1.82, 2.24) is 5.32 Å². The van der Waals surface area contributed by atoms with Gasteiger partial charge in [0.15, 0.2) is 6.61 Å². The first-order valence-corrected chi connectivity index (χ1v) is 8.47. The van der Waals surface area contributed by atoms with Gasteiger partial charge in [-0.25, -0.2) is 0 Å². The van der Waals surface area contributed by atoms with E-state index in [9.17, 15) is 9.59 Å². The van der Waals surface area contributed by atoms with Crippen LogP contribution in [-0.2, 0) is 27.3 Å². The molecule has 2 amide bonds. The number of anilines is 1. The number of nitrogens with one attached hydrogen (secondary N) is 2. The Morgan fingerprint density at radius 3 is 2.42 bits per heavy atom. The van der Waals surface area contributed by atoms with Gasteiger partial charge in [-0.1, -0.05) is 31.2 Å². The fourth-order valence-electron chi connectivity index (χ4n) is 2.31. The van der Waals surface area contributed by atoms with Crippen LogP contribution in [0.1, 0.15) is 18.1 Å². The number of amides is 2. The van der Waals surface area contributed by atoms with Gasteiger partial charge in [-0.2, -0.15) is 0 Å². The van der Waals surface area contributed by atoms with Crippen molar-refractivity contribution in [3.05, 3.63) is 59.7 Å². The van der Waals surface area contributed by atoms with Gasteiger partial charge in [0.05, 0.1) is 0 Å². The number of hydrogen-bond acceptors (Lipinski definition) is 4. The van der Waals surface area contributed by atoms with E-state index in [1.807, 2.05) is 36.4 Å². The lowest BCUT2D eigenvalue weighted by atomic mass is 10.2. The third-order valence-corrected chi connectivity index (χ3v) is 3.68. The molecule has 0 bridgehead atoms. The summed E-state index contributed by atoms with van der Waals surface area (Å²) in [5.74, 6) is 0.231. The number of carbonyl (C=O) groups excluding carboxylic acids is 2. The number of benzene rings is 2. The fraction of sp³-hybridized carbons (Fsp3) is 0.300. The minimum absolute atomic E-state index is 0.00244. The highest BCUT2D eigenvalue weighted by Crippen LogP contribution is 2.13. The van der Waals surface area contributed by atoms with Gasteiger partial charge in [0.25, 0.3) is 5.91 Å². The molecule has 0 aliphatic carbocycles. The number of methoxy groups -OCH3 is 1. The Morgan fingerprint density at radius 1 is 0.962 bits per heavy atom. The largest absolute Gasteiger partial charge is 0.484 e. The average Bonchev–Trinajstić information content (AvgIpc) is 2.65. The van der Waals surface area contributed by atoms with Gasteiger partial charge in [0.1, 0.15) is 12.4 Å². The van der Waals surface area contributed by atoms with E-state index in [2.05, 4.69) is 17.6 Å². The van der Waals surface area contributed by atoms with E-state index >= 15 is 0 Å². The van der Waals surface area contributed by atoms with Crippen LogP contribution in [0.3, 0.4) is 0 Å². The van der Waals surface area contributed by atoms with Crippen LogP contribution >= 0.6 is 0 Å². The molecule has 26 heavy (non-hydrogen) atoms. The predicted octanol–water partition coefficient (Wildman–Crippen LogP) is 2.53. The minimum atomic E-state index is -0.226. The molecule has 0 saturated carbocycles. The van der Waals surface area contributed by atoms with Crippen LogP contribution in [0, 0.1) is 0 Å². The summed E-state index contributed by atoms with van der Waals surface area (Å²) in [7, 11) is 1.46. The quantitative estimate of drug-likeness (QED) is 0.724. The van der Waals surface area contributed by atoms with Gasteiger partial charge in [0.2, 0.25) is 5.91 Å². The Labute approximate surface area is 153 Å². The third kappa shape index (κ3) is 6.57. The zero-order valence-electron chi connectivity index (χ0n) is 15.1. The molecule has 2 rings (SSSR count). The van der Waals surface area contributed by atoms with Crippen LogP contribution in [0.25, 0.3) is 0 Å². The summed E-state index contributed by atoms with van der Waals surface area (Å²) in [5, 5.41) is 5.52. The van der Waals surface area contributed by atoms with E-state index in [-0.39, 0.29) is 25.0 Å². The standard InChI is InChI=1S/C20H24N2O4/c1-3-15-7-9-18(10-8-15)26-14-19(23)21-12-16-5-4-6-17(11-16)22-20(24)13-25-2/h4-11H,3,12-14H2,1-2H3,(H,21,23)(H,22,24). The molecule has 2 aromatic rings. The molecule has 0 atom stereocenters. The second-order valence-corrected chi connectivity index (χ2v) is 5.74. The van der Waals surface area contributed by atoms with Crippen LogP contribution in [0.15, 0.2) is 48.5 Å². The lowest BCUT2D eigenvalue weighted by Gasteiger charge is -2.10. The van der Waals surface area contributed by atoms with E-state index < -0.39 is 0 Å². The second kappa shape index (κ2) is 10.2. The average molecular weight is 356 g/mol. The van der Waals surface area contributed by atoms with Gasteiger partial charge < -0.3 is 20.1 Å². The topological polar surface area (TPSA) is 76.7 Å². The van der Waals surface area contributed by atoms with Crippen molar-refractivity contribution in [2.24, 2.45) is 0 Å². The summed E-state index contributed by atoms with van der Waals surface area (Å²) in [5.41, 5.74) is 2.76. The van der Waals surface area contributed by atoms with Gasteiger partial charge >= 0.3 is 0 Å². The van der Waals surface area contributed by atoms with Crippen molar-refractivity contribution in [3.63, 3.8) is 0 Å². The Morgan fingerprint density at radius 2 is 1.73 bits per heavy atom. The molecule has 0 unspecified atom stereocenters. The molecule has 6 heteroatoms. The van der Waals surface area contributed by atoms with Crippen molar-refractivity contribution >= 4 is 17.5 Å². The third-order valence-electron chi connectivity index (χ3n) is 3.68. The Kier molecular flexibility index (Phi) is 7.64. The molecule has 0 heterocycles. The van der Waals surface area contributed by atoms with E-state index in [1.165, 1.54) is 12.7 Å². The summed E-state index contributed by atoms with van der Waals surface area (Å²) in [6, 6.07) is 15.0. The first-order valence-electron chi connectivity index (χ1n) is 8.47. The maximum atomic E-state index is 11.9. The summed E-state index contributed by atoms with van der Waals surface area (Å²) < 4.78 is 10.3. The SMILES string of the molecule is CCc1ccc(OCC(=O)NCc2cccc(NC(=O)COC)c2)cc1. The minimum Gasteiger partial charge on any atom is -0.484 e.